The zero-order chi connectivity index (χ0) is 16.5. The van der Waals surface area contributed by atoms with Gasteiger partial charge in [0, 0.05) is 0 Å². The largest absolute Gasteiger partial charge is 0.458 e. The van der Waals surface area contributed by atoms with Crippen LogP contribution in [0.4, 0.5) is 0 Å². The van der Waals surface area contributed by atoms with Crippen molar-refractivity contribution in [3.8, 4) is 0 Å². The fourth-order valence-electron chi connectivity index (χ4n) is 1.81. The van der Waals surface area contributed by atoms with Crippen LogP contribution in [0.2, 0.25) is 0 Å². The van der Waals surface area contributed by atoms with Crippen molar-refractivity contribution in [2.45, 2.75) is 6.92 Å². The van der Waals surface area contributed by atoms with Crippen molar-refractivity contribution in [1.82, 2.24) is 0 Å². The first-order valence-electron chi connectivity index (χ1n) is 7.27. The van der Waals surface area contributed by atoms with E-state index >= 15 is 0 Å². The number of carbonyl (C=O) groups is 2. The van der Waals surface area contributed by atoms with E-state index in [1.165, 1.54) is 0 Å². The van der Waals surface area contributed by atoms with Gasteiger partial charge in [-0.15, -0.1) is 0 Å². The molecule has 0 saturated carbocycles. The van der Waals surface area contributed by atoms with Crippen LogP contribution in [0.15, 0.2) is 72.3 Å². The molecule has 0 unspecified atom stereocenters. The molecule has 0 aliphatic heterocycles. The first kappa shape index (κ1) is 16.5. The van der Waals surface area contributed by atoms with Crippen LogP contribution in [-0.2, 0) is 9.47 Å². The van der Waals surface area contributed by atoms with E-state index in [0.717, 1.165) is 5.57 Å². The molecule has 0 aliphatic carbocycles. The van der Waals surface area contributed by atoms with Gasteiger partial charge in [0.15, 0.2) is 0 Å². The second-order valence-electron chi connectivity index (χ2n) is 4.96. The fourth-order valence-corrected chi connectivity index (χ4v) is 1.81. The van der Waals surface area contributed by atoms with Crippen LogP contribution in [0.3, 0.4) is 0 Å². The summed E-state index contributed by atoms with van der Waals surface area (Å²) in [6, 6.07) is 17.6. The highest BCUT2D eigenvalue weighted by Gasteiger charge is 2.07. The lowest BCUT2D eigenvalue weighted by Gasteiger charge is -2.06. The Hall–Kier alpha value is -2.88. The summed E-state index contributed by atoms with van der Waals surface area (Å²) < 4.78 is 10.3. The van der Waals surface area contributed by atoms with Gasteiger partial charge in [-0.2, -0.15) is 0 Å². The number of hydrogen-bond acceptors (Lipinski definition) is 4. The molecule has 0 spiro atoms. The van der Waals surface area contributed by atoms with E-state index < -0.39 is 0 Å². The first-order valence-corrected chi connectivity index (χ1v) is 7.27. The Balaban J connectivity index is 1.75. The van der Waals surface area contributed by atoms with Gasteiger partial charge in [-0.25, -0.2) is 9.59 Å². The summed E-state index contributed by atoms with van der Waals surface area (Å²) in [7, 11) is 0. The van der Waals surface area contributed by atoms with Crippen molar-refractivity contribution in [3.63, 3.8) is 0 Å². The van der Waals surface area contributed by atoms with Crippen LogP contribution in [0.25, 0.3) is 0 Å². The third-order valence-electron chi connectivity index (χ3n) is 3.10. The third kappa shape index (κ3) is 5.43. The third-order valence-corrected chi connectivity index (χ3v) is 3.10. The van der Waals surface area contributed by atoms with Crippen molar-refractivity contribution >= 4 is 11.9 Å². The van der Waals surface area contributed by atoms with Crippen molar-refractivity contribution in [2.24, 2.45) is 0 Å². The monoisotopic (exact) mass is 310 g/mol. The molecule has 4 heteroatoms. The molecule has 0 radical (unpaired) electrons. The standard InChI is InChI=1S/C19H18O4/c1-15(14-23-19(21)17-10-6-3-7-11-17)12-13-22-18(20)16-8-4-2-5-9-16/h2-12H,13-14H2,1H3/b15-12+. The minimum Gasteiger partial charge on any atom is -0.458 e. The van der Waals surface area contributed by atoms with Gasteiger partial charge in [0.25, 0.3) is 0 Å². The minimum absolute atomic E-state index is 0.141. The molecule has 0 N–H and O–H groups in total. The van der Waals surface area contributed by atoms with Gasteiger partial charge >= 0.3 is 11.9 Å². The maximum atomic E-state index is 11.8. The second-order valence-corrected chi connectivity index (χ2v) is 4.96. The van der Waals surface area contributed by atoms with Crippen molar-refractivity contribution < 1.29 is 19.1 Å². The molecule has 0 bridgehead atoms. The van der Waals surface area contributed by atoms with E-state index in [2.05, 4.69) is 0 Å². The summed E-state index contributed by atoms with van der Waals surface area (Å²) in [6.07, 6.45) is 1.72. The van der Waals surface area contributed by atoms with E-state index in [4.69, 9.17) is 9.47 Å². The molecule has 0 fully saturated rings. The fraction of sp³-hybridized carbons (Fsp3) is 0.158. The van der Waals surface area contributed by atoms with E-state index in [1.807, 2.05) is 19.1 Å². The molecule has 2 rings (SSSR count). The molecule has 0 atom stereocenters. The van der Waals surface area contributed by atoms with Crippen molar-refractivity contribution in [1.29, 1.82) is 0 Å². The van der Waals surface area contributed by atoms with E-state index in [9.17, 15) is 9.59 Å². The first-order chi connectivity index (χ1) is 11.2. The summed E-state index contributed by atoms with van der Waals surface area (Å²) in [6.45, 7) is 2.12. The zero-order valence-electron chi connectivity index (χ0n) is 12.9. The Kier molecular flexibility index (Phi) is 6.12. The van der Waals surface area contributed by atoms with Crippen LogP contribution in [0.1, 0.15) is 27.6 Å². The Morgan fingerprint density at radius 2 is 1.30 bits per heavy atom. The lowest BCUT2D eigenvalue weighted by molar-refractivity contribution is 0.0519. The van der Waals surface area contributed by atoms with Crippen LogP contribution in [0, 0.1) is 0 Å². The van der Waals surface area contributed by atoms with Crippen molar-refractivity contribution in [2.75, 3.05) is 13.2 Å². The average Bonchev–Trinajstić information content (AvgIpc) is 2.61. The topological polar surface area (TPSA) is 52.6 Å². The van der Waals surface area contributed by atoms with Crippen molar-refractivity contribution in [3.05, 3.63) is 83.4 Å². The number of hydrogen-bond donors (Lipinski definition) is 0. The Labute approximate surface area is 135 Å². The molecule has 23 heavy (non-hydrogen) atoms. The molecular weight excluding hydrogens is 292 g/mol. The van der Waals surface area contributed by atoms with Gasteiger partial charge in [0.05, 0.1) is 11.1 Å². The SMILES string of the molecule is C/C(=C\COC(=O)c1ccccc1)COC(=O)c1ccccc1. The van der Waals surface area contributed by atoms with Crippen LogP contribution in [-0.4, -0.2) is 25.2 Å². The molecule has 0 aromatic heterocycles. The van der Waals surface area contributed by atoms with E-state index in [0.29, 0.717) is 11.1 Å². The summed E-state index contributed by atoms with van der Waals surface area (Å²) in [5.41, 5.74) is 1.83. The molecule has 0 saturated heterocycles. The van der Waals surface area contributed by atoms with Crippen LogP contribution >= 0.6 is 0 Å². The minimum atomic E-state index is -0.379. The lowest BCUT2D eigenvalue weighted by Crippen LogP contribution is -2.08. The van der Waals surface area contributed by atoms with Gasteiger partial charge in [-0.05, 0) is 42.8 Å². The Morgan fingerprint density at radius 1 is 0.826 bits per heavy atom. The number of esters is 2. The lowest BCUT2D eigenvalue weighted by atomic mass is 10.2. The molecule has 4 nitrogen and oxygen atoms in total. The summed E-state index contributed by atoms with van der Waals surface area (Å²) in [5, 5.41) is 0. The number of ether oxygens (including phenoxy) is 2. The molecular formula is C19H18O4. The quantitative estimate of drug-likeness (QED) is 0.604. The van der Waals surface area contributed by atoms with E-state index in [1.54, 1.807) is 54.6 Å². The maximum Gasteiger partial charge on any atom is 0.338 e. The number of rotatable bonds is 6. The normalized spacial score (nSPS) is 10.9. The van der Waals surface area contributed by atoms with Crippen LogP contribution in [0.5, 0.6) is 0 Å². The summed E-state index contributed by atoms with van der Waals surface area (Å²) >= 11 is 0. The molecule has 0 aliphatic rings. The average molecular weight is 310 g/mol. The predicted molar refractivity (Wildman–Crippen MR) is 87.2 cm³/mol. The number of carbonyl (C=O) groups excluding carboxylic acids is 2. The summed E-state index contributed by atoms with van der Waals surface area (Å²) in [5.74, 6) is -0.754. The summed E-state index contributed by atoms with van der Waals surface area (Å²) in [4.78, 5) is 23.5. The Morgan fingerprint density at radius 3 is 1.83 bits per heavy atom. The Bertz CT molecular complexity index is 675. The molecule has 0 heterocycles. The highest BCUT2D eigenvalue weighted by molar-refractivity contribution is 5.89. The molecule has 2 aromatic rings. The number of benzene rings is 2. The highest BCUT2D eigenvalue weighted by atomic mass is 16.5. The molecule has 118 valence electrons. The van der Waals surface area contributed by atoms with Crippen LogP contribution < -0.4 is 0 Å². The smallest absolute Gasteiger partial charge is 0.338 e. The van der Waals surface area contributed by atoms with Gasteiger partial charge in [-0.3, -0.25) is 0 Å². The van der Waals surface area contributed by atoms with Gasteiger partial charge in [0.1, 0.15) is 13.2 Å². The second kappa shape index (κ2) is 8.54. The maximum absolute atomic E-state index is 11.8. The van der Waals surface area contributed by atoms with Gasteiger partial charge in [-0.1, -0.05) is 36.4 Å². The molecule has 2 aromatic carbocycles. The van der Waals surface area contributed by atoms with Gasteiger partial charge in [0.2, 0.25) is 0 Å². The van der Waals surface area contributed by atoms with Gasteiger partial charge < -0.3 is 9.47 Å². The molecule has 0 amide bonds. The predicted octanol–water partition coefficient (Wildman–Crippen LogP) is 3.65. The van der Waals surface area contributed by atoms with E-state index in [-0.39, 0.29) is 25.2 Å². The zero-order valence-corrected chi connectivity index (χ0v) is 12.9. The highest BCUT2D eigenvalue weighted by Crippen LogP contribution is 2.04.